The Kier molecular flexibility index (Phi) is 3.30. The summed E-state index contributed by atoms with van der Waals surface area (Å²) in [5, 5.41) is 0. The summed E-state index contributed by atoms with van der Waals surface area (Å²) in [5.74, 6) is 0. The van der Waals surface area contributed by atoms with Crippen molar-refractivity contribution in [2.24, 2.45) is 10.7 Å². The molecule has 0 saturated heterocycles. The van der Waals surface area contributed by atoms with E-state index in [2.05, 4.69) is 9.98 Å². The summed E-state index contributed by atoms with van der Waals surface area (Å²) in [6.07, 6.45) is 3.44. The Bertz CT molecular complexity index is 489. The Morgan fingerprint density at radius 1 is 1.12 bits per heavy atom. The first-order chi connectivity index (χ1) is 8.18. The second-order valence-electron chi connectivity index (χ2n) is 4.03. The molecule has 1 aromatic carbocycles. The number of benzene rings is 1. The van der Waals surface area contributed by atoms with Crippen molar-refractivity contribution in [2.75, 3.05) is 0 Å². The SMILES string of the molecule is CC(N)(N=Cc1ccccn1)c1ccccc1. The van der Waals surface area contributed by atoms with Gasteiger partial charge in [-0.05, 0) is 24.6 Å². The first-order valence-corrected chi connectivity index (χ1v) is 5.49. The van der Waals surface area contributed by atoms with Crippen LogP contribution in [0.3, 0.4) is 0 Å². The van der Waals surface area contributed by atoms with E-state index in [4.69, 9.17) is 5.73 Å². The van der Waals surface area contributed by atoms with Crippen molar-refractivity contribution in [3.8, 4) is 0 Å². The minimum Gasteiger partial charge on any atom is -0.304 e. The van der Waals surface area contributed by atoms with Gasteiger partial charge in [0, 0.05) is 12.4 Å². The number of hydrogen-bond donors (Lipinski definition) is 1. The number of nitrogens with two attached hydrogens (primary N) is 1. The van der Waals surface area contributed by atoms with Crippen LogP contribution in [0.5, 0.6) is 0 Å². The number of rotatable bonds is 3. The maximum absolute atomic E-state index is 6.16. The van der Waals surface area contributed by atoms with Crippen LogP contribution in [0.4, 0.5) is 0 Å². The average molecular weight is 225 g/mol. The molecule has 3 heteroatoms. The molecule has 3 nitrogen and oxygen atoms in total. The van der Waals surface area contributed by atoms with Crippen LogP contribution in [-0.2, 0) is 5.66 Å². The van der Waals surface area contributed by atoms with Crippen LogP contribution >= 0.6 is 0 Å². The van der Waals surface area contributed by atoms with Crippen LogP contribution in [0.1, 0.15) is 18.2 Å². The fourth-order valence-electron chi connectivity index (χ4n) is 1.50. The smallest absolute Gasteiger partial charge is 0.131 e. The lowest BCUT2D eigenvalue weighted by Gasteiger charge is -2.19. The van der Waals surface area contributed by atoms with Gasteiger partial charge in [-0.15, -0.1) is 0 Å². The van der Waals surface area contributed by atoms with E-state index in [-0.39, 0.29) is 0 Å². The van der Waals surface area contributed by atoms with Gasteiger partial charge in [0.25, 0.3) is 0 Å². The molecule has 0 bridgehead atoms. The van der Waals surface area contributed by atoms with E-state index in [1.54, 1.807) is 12.4 Å². The summed E-state index contributed by atoms with van der Waals surface area (Å²) >= 11 is 0. The van der Waals surface area contributed by atoms with Crippen molar-refractivity contribution in [3.63, 3.8) is 0 Å². The van der Waals surface area contributed by atoms with Crippen molar-refractivity contribution >= 4 is 6.21 Å². The summed E-state index contributed by atoms with van der Waals surface area (Å²) in [5.41, 5.74) is 7.22. The normalized spacial score (nSPS) is 14.7. The van der Waals surface area contributed by atoms with E-state index in [0.717, 1.165) is 11.3 Å². The predicted molar refractivity (Wildman–Crippen MR) is 69.8 cm³/mol. The number of pyridine rings is 1. The molecular weight excluding hydrogens is 210 g/mol. The van der Waals surface area contributed by atoms with Gasteiger partial charge in [-0.2, -0.15) is 0 Å². The van der Waals surface area contributed by atoms with Crippen LogP contribution < -0.4 is 5.73 Å². The molecule has 0 aliphatic carbocycles. The van der Waals surface area contributed by atoms with E-state index in [9.17, 15) is 0 Å². The van der Waals surface area contributed by atoms with Gasteiger partial charge in [-0.3, -0.25) is 9.98 Å². The molecule has 2 aromatic rings. The molecule has 0 saturated carbocycles. The van der Waals surface area contributed by atoms with E-state index in [1.165, 1.54) is 0 Å². The van der Waals surface area contributed by atoms with Crippen molar-refractivity contribution in [2.45, 2.75) is 12.6 Å². The molecule has 0 fully saturated rings. The molecule has 0 spiro atoms. The molecule has 2 rings (SSSR count). The third-order valence-corrected chi connectivity index (χ3v) is 2.51. The van der Waals surface area contributed by atoms with Gasteiger partial charge in [0.1, 0.15) is 5.66 Å². The van der Waals surface area contributed by atoms with Gasteiger partial charge in [0.15, 0.2) is 0 Å². The lowest BCUT2D eigenvalue weighted by atomic mass is 10.0. The highest BCUT2D eigenvalue weighted by Crippen LogP contribution is 2.18. The summed E-state index contributed by atoms with van der Waals surface area (Å²) < 4.78 is 0. The molecule has 1 unspecified atom stereocenters. The monoisotopic (exact) mass is 225 g/mol. The molecule has 1 atom stereocenters. The van der Waals surface area contributed by atoms with Gasteiger partial charge in [-0.25, -0.2) is 0 Å². The summed E-state index contributed by atoms with van der Waals surface area (Å²) in [4.78, 5) is 8.56. The molecule has 17 heavy (non-hydrogen) atoms. The topological polar surface area (TPSA) is 51.3 Å². The minimum absolute atomic E-state index is 0.723. The Balaban J connectivity index is 2.21. The first-order valence-electron chi connectivity index (χ1n) is 5.49. The van der Waals surface area contributed by atoms with E-state index >= 15 is 0 Å². The molecule has 0 aliphatic rings. The lowest BCUT2D eigenvalue weighted by molar-refractivity contribution is 0.527. The fourth-order valence-corrected chi connectivity index (χ4v) is 1.50. The number of nitrogens with zero attached hydrogens (tertiary/aromatic N) is 2. The molecule has 0 radical (unpaired) electrons. The zero-order chi connectivity index (χ0) is 12.1. The van der Waals surface area contributed by atoms with E-state index in [1.807, 2.05) is 55.5 Å². The molecular formula is C14H15N3. The quantitative estimate of drug-likeness (QED) is 0.815. The van der Waals surface area contributed by atoms with E-state index < -0.39 is 5.66 Å². The van der Waals surface area contributed by atoms with Gasteiger partial charge in [0.2, 0.25) is 0 Å². The fraction of sp³-hybridized carbons (Fsp3) is 0.143. The number of aliphatic imine (C=N–C) groups is 1. The van der Waals surface area contributed by atoms with Gasteiger partial charge in [-0.1, -0.05) is 36.4 Å². The first kappa shape index (κ1) is 11.5. The van der Waals surface area contributed by atoms with Crippen molar-refractivity contribution in [3.05, 3.63) is 66.0 Å². The van der Waals surface area contributed by atoms with Crippen LogP contribution in [0.15, 0.2) is 59.7 Å². The second-order valence-corrected chi connectivity index (χ2v) is 4.03. The summed E-state index contributed by atoms with van der Waals surface area (Å²) in [6.45, 7) is 1.88. The van der Waals surface area contributed by atoms with Crippen molar-refractivity contribution in [1.82, 2.24) is 4.98 Å². The number of aromatic nitrogens is 1. The van der Waals surface area contributed by atoms with Gasteiger partial charge >= 0.3 is 0 Å². The third kappa shape index (κ3) is 2.98. The second kappa shape index (κ2) is 4.89. The summed E-state index contributed by atoms with van der Waals surface area (Å²) in [6, 6.07) is 15.5. The highest BCUT2D eigenvalue weighted by molar-refractivity contribution is 5.77. The lowest BCUT2D eigenvalue weighted by Crippen LogP contribution is -2.30. The third-order valence-electron chi connectivity index (χ3n) is 2.51. The molecule has 0 aliphatic heterocycles. The molecule has 2 N–H and O–H groups in total. The van der Waals surface area contributed by atoms with Crippen molar-refractivity contribution in [1.29, 1.82) is 0 Å². The zero-order valence-corrected chi connectivity index (χ0v) is 9.75. The Morgan fingerprint density at radius 2 is 1.82 bits per heavy atom. The highest BCUT2D eigenvalue weighted by atomic mass is 15.0. The van der Waals surface area contributed by atoms with Crippen LogP contribution in [0.25, 0.3) is 0 Å². The maximum Gasteiger partial charge on any atom is 0.131 e. The van der Waals surface area contributed by atoms with Gasteiger partial charge in [0.05, 0.1) is 5.69 Å². The molecule has 1 aromatic heterocycles. The predicted octanol–water partition coefficient (Wildman–Crippen LogP) is 2.33. The van der Waals surface area contributed by atoms with E-state index in [0.29, 0.717) is 0 Å². The van der Waals surface area contributed by atoms with Crippen molar-refractivity contribution < 1.29 is 0 Å². The average Bonchev–Trinajstić information content (AvgIpc) is 2.39. The van der Waals surface area contributed by atoms with Gasteiger partial charge < -0.3 is 5.73 Å². The Labute approximate surface area is 101 Å². The molecule has 86 valence electrons. The number of hydrogen-bond acceptors (Lipinski definition) is 3. The Morgan fingerprint density at radius 3 is 2.47 bits per heavy atom. The standard InChI is InChI=1S/C14H15N3/c1-14(15,12-7-3-2-4-8-12)17-11-13-9-5-6-10-16-13/h2-11H,15H2,1H3. The molecule has 1 heterocycles. The largest absolute Gasteiger partial charge is 0.304 e. The van der Waals surface area contributed by atoms with Crippen LogP contribution in [0.2, 0.25) is 0 Å². The maximum atomic E-state index is 6.16. The van der Waals surface area contributed by atoms with Crippen LogP contribution in [0, 0.1) is 0 Å². The Hall–Kier alpha value is -2.00. The summed E-state index contributed by atoms with van der Waals surface area (Å²) in [7, 11) is 0. The van der Waals surface area contributed by atoms with Crippen LogP contribution in [-0.4, -0.2) is 11.2 Å². The molecule has 0 amide bonds. The highest BCUT2D eigenvalue weighted by Gasteiger charge is 2.17. The minimum atomic E-state index is -0.723. The zero-order valence-electron chi connectivity index (χ0n) is 9.75.